The molecule has 0 bridgehead atoms. The van der Waals surface area contributed by atoms with Gasteiger partial charge in [-0.15, -0.1) is 0 Å². The molecule has 5 nitrogen and oxygen atoms in total. The molecule has 0 spiro atoms. The third-order valence-corrected chi connectivity index (χ3v) is 4.95. The van der Waals surface area contributed by atoms with Crippen LogP contribution in [0.3, 0.4) is 0 Å². The number of primary amides is 1. The van der Waals surface area contributed by atoms with E-state index in [1.54, 1.807) is 0 Å². The molecule has 2 aromatic carbocycles. The largest absolute Gasteiger partial charge is 0.381 e. The Morgan fingerprint density at radius 1 is 1.08 bits per heavy atom. The van der Waals surface area contributed by atoms with Gasteiger partial charge in [0, 0.05) is 50.1 Å². The summed E-state index contributed by atoms with van der Waals surface area (Å²) in [5.74, 6) is -0.380. The molecule has 1 saturated heterocycles. The van der Waals surface area contributed by atoms with Crippen molar-refractivity contribution in [1.82, 2.24) is 4.90 Å². The number of piperazine rings is 1. The number of rotatable bonds is 6. The zero-order valence-corrected chi connectivity index (χ0v) is 15.6. The van der Waals surface area contributed by atoms with Gasteiger partial charge in [-0.05, 0) is 37.6 Å². The van der Waals surface area contributed by atoms with Crippen LogP contribution in [0.4, 0.5) is 11.4 Å². The van der Waals surface area contributed by atoms with Crippen LogP contribution in [-0.4, -0.2) is 49.6 Å². The van der Waals surface area contributed by atoms with E-state index in [1.165, 1.54) is 5.69 Å². The first-order valence-electron chi connectivity index (χ1n) is 9.23. The SMILES string of the molecule is Cc1cccc(NC(C)CN2CCN(c3ccccc3)CC2)c1C(N)=O. The van der Waals surface area contributed by atoms with E-state index in [-0.39, 0.29) is 11.9 Å². The van der Waals surface area contributed by atoms with Crippen LogP contribution in [-0.2, 0) is 0 Å². The smallest absolute Gasteiger partial charge is 0.251 e. The number of carbonyl (C=O) groups excluding carboxylic acids is 1. The average molecular weight is 352 g/mol. The number of amides is 1. The highest BCUT2D eigenvalue weighted by Gasteiger charge is 2.19. The Bertz CT molecular complexity index is 739. The Morgan fingerprint density at radius 2 is 1.77 bits per heavy atom. The summed E-state index contributed by atoms with van der Waals surface area (Å²) in [5.41, 5.74) is 9.17. The summed E-state index contributed by atoms with van der Waals surface area (Å²) in [6, 6.07) is 16.6. The third kappa shape index (κ3) is 4.35. The molecule has 26 heavy (non-hydrogen) atoms. The van der Waals surface area contributed by atoms with E-state index in [0.29, 0.717) is 5.56 Å². The van der Waals surface area contributed by atoms with E-state index in [9.17, 15) is 4.79 Å². The molecule has 3 N–H and O–H groups in total. The molecule has 1 unspecified atom stereocenters. The molecule has 0 radical (unpaired) electrons. The molecule has 1 heterocycles. The van der Waals surface area contributed by atoms with Crippen molar-refractivity contribution in [2.24, 2.45) is 5.73 Å². The molecule has 1 aliphatic heterocycles. The maximum atomic E-state index is 11.8. The number of benzene rings is 2. The maximum absolute atomic E-state index is 11.8. The molecular formula is C21H28N4O. The summed E-state index contributed by atoms with van der Waals surface area (Å²) in [6.07, 6.45) is 0. The predicted octanol–water partition coefficient (Wildman–Crippen LogP) is 2.72. The van der Waals surface area contributed by atoms with E-state index in [0.717, 1.165) is 44.0 Å². The number of nitrogens with zero attached hydrogens (tertiary/aromatic N) is 2. The summed E-state index contributed by atoms with van der Waals surface area (Å²) in [5, 5.41) is 3.47. The number of hydrogen-bond donors (Lipinski definition) is 2. The van der Waals surface area contributed by atoms with Crippen LogP contribution in [0.15, 0.2) is 48.5 Å². The summed E-state index contributed by atoms with van der Waals surface area (Å²) < 4.78 is 0. The third-order valence-electron chi connectivity index (χ3n) is 4.95. The molecule has 138 valence electrons. The molecule has 1 amide bonds. The maximum Gasteiger partial charge on any atom is 0.251 e. The summed E-state index contributed by atoms with van der Waals surface area (Å²) in [4.78, 5) is 16.7. The highest BCUT2D eigenvalue weighted by molar-refractivity contribution is 6.00. The normalized spacial score (nSPS) is 16.3. The zero-order valence-electron chi connectivity index (χ0n) is 15.6. The quantitative estimate of drug-likeness (QED) is 0.839. The summed E-state index contributed by atoms with van der Waals surface area (Å²) in [7, 11) is 0. The fourth-order valence-corrected chi connectivity index (χ4v) is 3.64. The monoisotopic (exact) mass is 352 g/mol. The van der Waals surface area contributed by atoms with Crippen molar-refractivity contribution in [3.63, 3.8) is 0 Å². The van der Waals surface area contributed by atoms with Gasteiger partial charge in [0.2, 0.25) is 0 Å². The van der Waals surface area contributed by atoms with E-state index >= 15 is 0 Å². The first kappa shape index (κ1) is 18.3. The van der Waals surface area contributed by atoms with Crippen LogP contribution < -0.4 is 16.0 Å². The molecule has 0 saturated carbocycles. The van der Waals surface area contributed by atoms with E-state index in [4.69, 9.17) is 5.73 Å². The Labute approximate surface area is 155 Å². The lowest BCUT2D eigenvalue weighted by Gasteiger charge is -2.37. The molecule has 1 atom stereocenters. The van der Waals surface area contributed by atoms with Gasteiger partial charge in [-0.2, -0.15) is 0 Å². The second kappa shape index (κ2) is 8.23. The fraction of sp³-hybridized carbons (Fsp3) is 0.381. The highest BCUT2D eigenvalue weighted by Crippen LogP contribution is 2.20. The first-order valence-corrected chi connectivity index (χ1v) is 9.23. The second-order valence-electron chi connectivity index (χ2n) is 7.03. The van der Waals surface area contributed by atoms with Gasteiger partial charge in [-0.3, -0.25) is 9.69 Å². The van der Waals surface area contributed by atoms with E-state index < -0.39 is 0 Å². The number of carbonyl (C=O) groups is 1. The van der Waals surface area contributed by atoms with E-state index in [1.807, 2.05) is 25.1 Å². The van der Waals surface area contributed by atoms with Crippen molar-refractivity contribution >= 4 is 17.3 Å². The van der Waals surface area contributed by atoms with Crippen LogP contribution >= 0.6 is 0 Å². The first-order chi connectivity index (χ1) is 12.5. The Balaban J connectivity index is 1.55. The van der Waals surface area contributed by atoms with Crippen LogP contribution in [0.1, 0.15) is 22.8 Å². The Hall–Kier alpha value is -2.53. The molecule has 0 aliphatic carbocycles. The molecule has 3 rings (SSSR count). The molecule has 1 aliphatic rings. The summed E-state index contributed by atoms with van der Waals surface area (Å²) >= 11 is 0. The average Bonchev–Trinajstić information content (AvgIpc) is 2.63. The minimum atomic E-state index is -0.380. The van der Waals surface area contributed by atoms with Crippen LogP contribution in [0.2, 0.25) is 0 Å². The minimum absolute atomic E-state index is 0.234. The van der Waals surface area contributed by atoms with Gasteiger partial charge in [-0.25, -0.2) is 0 Å². The van der Waals surface area contributed by atoms with Crippen molar-refractivity contribution in [2.75, 3.05) is 42.9 Å². The summed E-state index contributed by atoms with van der Waals surface area (Å²) in [6.45, 7) is 9.15. The fourth-order valence-electron chi connectivity index (χ4n) is 3.64. The minimum Gasteiger partial charge on any atom is -0.381 e. The van der Waals surface area contributed by atoms with Crippen molar-refractivity contribution in [2.45, 2.75) is 19.9 Å². The molecule has 5 heteroatoms. The van der Waals surface area contributed by atoms with Gasteiger partial charge in [0.25, 0.3) is 5.91 Å². The lowest BCUT2D eigenvalue weighted by molar-refractivity contribution is 0.100. The molecule has 0 aromatic heterocycles. The predicted molar refractivity (Wildman–Crippen MR) is 108 cm³/mol. The van der Waals surface area contributed by atoms with Gasteiger partial charge in [0.1, 0.15) is 0 Å². The van der Waals surface area contributed by atoms with Gasteiger partial charge in [-0.1, -0.05) is 30.3 Å². The number of para-hydroxylation sites is 1. The van der Waals surface area contributed by atoms with Crippen molar-refractivity contribution in [3.8, 4) is 0 Å². The highest BCUT2D eigenvalue weighted by atomic mass is 16.1. The Morgan fingerprint density at radius 3 is 2.42 bits per heavy atom. The number of nitrogens with two attached hydrogens (primary N) is 1. The lowest BCUT2D eigenvalue weighted by atomic mass is 10.1. The van der Waals surface area contributed by atoms with E-state index in [2.05, 4.69) is 52.4 Å². The van der Waals surface area contributed by atoms with Crippen molar-refractivity contribution < 1.29 is 4.79 Å². The van der Waals surface area contributed by atoms with Gasteiger partial charge in [0.15, 0.2) is 0 Å². The number of anilines is 2. The van der Waals surface area contributed by atoms with Crippen LogP contribution in [0.5, 0.6) is 0 Å². The van der Waals surface area contributed by atoms with Gasteiger partial charge < -0.3 is 16.0 Å². The number of aryl methyl sites for hydroxylation is 1. The number of nitrogens with one attached hydrogen (secondary N) is 1. The topological polar surface area (TPSA) is 61.6 Å². The number of hydrogen-bond acceptors (Lipinski definition) is 4. The lowest BCUT2D eigenvalue weighted by Crippen LogP contribution is -2.49. The van der Waals surface area contributed by atoms with Gasteiger partial charge >= 0.3 is 0 Å². The Kier molecular flexibility index (Phi) is 5.78. The van der Waals surface area contributed by atoms with Gasteiger partial charge in [0.05, 0.1) is 5.56 Å². The molecule has 2 aromatic rings. The second-order valence-corrected chi connectivity index (χ2v) is 7.03. The van der Waals surface area contributed by atoms with Crippen molar-refractivity contribution in [3.05, 3.63) is 59.7 Å². The standard InChI is InChI=1S/C21H28N4O/c1-16-7-6-10-19(20(16)21(22)26)23-17(2)15-24-11-13-25(14-12-24)18-8-4-3-5-9-18/h3-10,17,23H,11-15H2,1-2H3,(H2,22,26). The van der Waals surface area contributed by atoms with Crippen LogP contribution in [0, 0.1) is 6.92 Å². The van der Waals surface area contributed by atoms with Crippen molar-refractivity contribution in [1.29, 1.82) is 0 Å². The molecule has 1 fully saturated rings. The molecular weight excluding hydrogens is 324 g/mol. The zero-order chi connectivity index (χ0) is 18.5. The van der Waals surface area contributed by atoms with Crippen LogP contribution in [0.25, 0.3) is 0 Å².